The molecule has 0 fully saturated rings. The number of nitrogens with two attached hydrogens (primary N) is 1. The van der Waals surface area contributed by atoms with Crippen LogP contribution in [0.5, 0.6) is 0 Å². The Balaban J connectivity index is 2.03. The van der Waals surface area contributed by atoms with Crippen molar-refractivity contribution in [2.75, 3.05) is 5.73 Å². The number of aromatic nitrogens is 1. The number of azo groups is 1. The van der Waals surface area contributed by atoms with Gasteiger partial charge in [-0.3, -0.25) is 10.1 Å². The van der Waals surface area contributed by atoms with Crippen LogP contribution in [0.1, 0.15) is 5.56 Å². The summed E-state index contributed by atoms with van der Waals surface area (Å²) in [5.41, 5.74) is 7.62. The molecule has 0 saturated heterocycles. The fourth-order valence-electron chi connectivity index (χ4n) is 1.97. The van der Waals surface area contributed by atoms with Crippen LogP contribution in [0, 0.1) is 21.4 Å². The Morgan fingerprint density at radius 3 is 2.62 bits per heavy atom. The van der Waals surface area contributed by atoms with Crippen molar-refractivity contribution in [2.45, 2.75) is 0 Å². The highest BCUT2D eigenvalue weighted by Gasteiger charge is 2.18. The van der Waals surface area contributed by atoms with Gasteiger partial charge in [-0.1, -0.05) is 41.7 Å². The summed E-state index contributed by atoms with van der Waals surface area (Å²) < 4.78 is 0. The molecule has 3 rings (SSSR count). The predicted molar refractivity (Wildman–Crippen MR) is 91.8 cm³/mol. The molecule has 0 saturated carbocycles. The summed E-state index contributed by atoms with van der Waals surface area (Å²) in [6, 6.07) is 11.3. The molecular formula is C14H8N6O2S2. The van der Waals surface area contributed by atoms with Gasteiger partial charge < -0.3 is 5.73 Å². The van der Waals surface area contributed by atoms with E-state index in [0.29, 0.717) is 21.1 Å². The van der Waals surface area contributed by atoms with E-state index in [2.05, 4.69) is 21.3 Å². The van der Waals surface area contributed by atoms with E-state index in [1.807, 2.05) is 30.3 Å². The molecule has 0 amide bonds. The van der Waals surface area contributed by atoms with Crippen LogP contribution in [-0.4, -0.2) is 9.91 Å². The van der Waals surface area contributed by atoms with Crippen molar-refractivity contribution in [3.05, 3.63) is 52.2 Å². The van der Waals surface area contributed by atoms with Gasteiger partial charge in [-0.05, 0) is 16.9 Å². The van der Waals surface area contributed by atoms with Gasteiger partial charge in [-0.25, -0.2) is 4.98 Å². The lowest BCUT2D eigenvalue weighted by Gasteiger charge is -2.00. The Bertz CT molecular complexity index is 971. The minimum atomic E-state index is -0.539. The SMILES string of the molecule is N#Cc1c(N)sc(/N=N/c2ncc([N+](=O)[O-])s2)c1-c1ccccc1. The molecule has 0 unspecified atom stereocenters. The monoisotopic (exact) mass is 356 g/mol. The minimum absolute atomic E-state index is 0.115. The molecule has 0 aliphatic heterocycles. The number of hydrogen-bond acceptors (Lipinski definition) is 9. The summed E-state index contributed by atoms with van der Waals surface area (Å²) in [6.07, 6.45) is 1.13. The summed E-state index contributed by atoms with van der Waals surface area (Å²) in [4.78, 5) is 14.0. The van der Waals surface area contributed by atoms with Gasteiger partial charge in [0.15, 0.2) is 0 Å². The number of thiazole rings is 1. The second-order valence-corrected chi connectivity index (χ2v) is 6.46. The molecule has 0 atom stereocenters. The summed E-state index contributed by atoms with van der Waals surface area (Å²) in [7, 11) is 0. The number of nitriles is 1. The molecule has 0 spiro atoms. The molecule has 24 heavy (non-hydrogen) atoms. The average Bonchev–Trinajstić information content (AvgIpc) is 3.18. The molecular weight excluding hydrogens is 348 g/mol. The minimum Gasteiger partial charge on any atom is -0.389 e. The van der Waals surface area contributed by atoms with Gasteiger partial charge in [0.05, 0.1) is 10.5 Å². The van der Waals surface area contributed by atoms with Crippen molar-refractivity contribution < 1.29 is 4.92 Å². The van der Waals surface area contributed by atoms with Crippen molar-refractivity contribution in [1.29, 1.82) is 5.26 Å². The largest absolute Gasteiger partial charge is 0.389 e. The summed E-state index contributed by atoms with van der Waals surface area (Å²) >= 11 is 1.95. The summed E-state index contributed by atoms with van der Waals surface area (Å²) in [5, 5.41) is 28.9. The third kappa shape index (κ3) is 2.98. The Morgan fingerprint density at radius 2 is 2.00 bits per heavy atom. The standard InChI is InChI=1S/C14H8N6O2S2/c15-6-9-11(8-4-2-1-3-5-8)13(24-12(9)16)18-19-14-17-7-10(23-14)20(21)22/h1-5,7H,16H2/b19-18+. The fourth-order valence-corrected chi connectivity index (χ4v) is 3.38. The van der Waals surface area contributed by atoms with Crippen LogP contribution in [-0.2, 0) is 0 Å². The van der Waals surface area contributed by atoms with E-state index in [4.69, 9.17) is 5.73 Å². The molecule has 2 aromatic heterocycles. The second kappa shape index (κ2) is 6.53. The zero-order valence-electron chi connectivity index (χ0n) is 11.9. The highest BCUT2D eigenvalue weighted by atomic mass is 32.1. The van der Waals surface area contributed by atoms with E-state index in [9.17, 15) is 15.4 Å². The molecule has 8 nitrogen and oxygen atoms in total. The quantitative estimate of drug-likeness (QED) is 0.413. The third-order valence-electron chi connectivity index (χ3n) is 2.98. The highest BCUT2D eigenvalue weighted by Crippen LogP contribution is 2.44. The maximum atomic E-state index is 10.7. The lowest BCUT2D eigenvalue weighted by Crippen LogP contribution is -1.85. The Labute approximate surface area is 143 Å². The van der Waals surface area contributed by atoms with Crippen LogP contribution < -0.4 is 5.73 Å². The van der Waals surface area contributed by atoms with Gasteiger partial charge in [0.2, 0.25) is 5.13 Å². The maximum absolute atomic E-state index is 10.7. The lowest BCUT2D eigenvalue weighted by atomic mass is 10.0. The molecule has 0 aliphatic rings. The van der Waals surface area contributed by atoms with E-state index >= 15 is 0 Å². The smallest absolute Gasteiger partial charge is 0.345 e. The first-order valence-electron chi connectivity index (χ1n) is 6.50. The fraction of sp³-hybridized carbons (Fsp3) is 0. The van der Waals surface area contributed by atoms with Crippen molar-refractivity contribution in [3.63, 3.8) is 0 Å². The Hall–Kier alpha value is -3.16. The van der Waals surface area contributed by atoms with E-state index in [1.54, 1.807) is 0 Å². The van der Waals surface area contributed by atoms with Gasteiger partial charge >= 0.3 is 5.00 Å². The number of rotatable bonds is 4. The first-order valence-corrected chi connectivity index (χ1v) is 8.13. The molecule has 0 aliphatic carbocycles. The van der Waals surface area contributed by atoms with Crippen LogP contribution in [0.25, 0.3) is 11.1 Å². The second-order valence-electron chi connectivity index (χ2n) is 4.44. The van der Waals surface area contributed by atoms with Crippen molar-refractivity contribution in [2.24, 2.45) is 10.2 Å². The van der Waals surface area contributed by atoms with E-state index in [0.717, 1.165) is 34.4 Å². The van der Waals surface area contributed by atoms with Crippen molar-refractivity contribution in [1.82, 2.24) is 4.98 Å². The topological polar surface area (TPSA) is 131 Å². The Kier molecular flexibility index (Phi) is 4.28. The van der Waals surface area contributed by atoms with Crippen molar-refractivity contribution in [3.8, 4) is 17.2 Å². The number of nitro groups is 1. The summed E-state index contributed by atoms with van der Waals surface area (Å²) in [5.74, 6) is 0. The maximum Gasteiger partial charge on any atom is 0.345 e. The lowest BCUT2D eigenvalue weighted by molar-refractivity contribution is -0.380. The molecule has 2 N–H and O–H groups in total. The van der Waals surface area contributed by atoms with Crippen molar-refractivity contribution >= 4 is 42.8 Å². The first kappa shape index (κ1) is 15.7. The molecule has 118 valence electrons. The molecule has 0 radical (unpaired) electrons. The first-order chi connectivity index (χ1) is 11.6. The number of nitrogens with zero attached hydrogens (tertiary/aromatic N) is 5. The predicted octanol–water partition coefficient (Wildman–Crippen LogP) is 4.65. The molecule has 10 heteroatoms. The highest BCUT2D eigenvalue weighted by molar-refractivity contribution is 7.20. The normalized spacial score (nSPS) is 10.8. The zero-order chi connectivity index (χ0) is 17.1. The van der Waals surface area contributed by atoms with E-state index in [1.165, 1.54) is 0 Å². The van der Waals surface area contributed by atoms with Gasteiger partial charge in [0, 0.05) is 5.56 Å². The van der Waals surface area contributed by atoms with E-state index < -0.39 is 4.92 Å². The number of thiophene rings is 1. The number of anilines is 1. The van der Waals surface area contributed by atoms with Gasteiger partial charge in [-0.2, -0.15) is 5.26 Å². The van der Waals surface area contributed by atoms with Crippen LogP contribution in [0.3, 0.4) is 0 Å². The van der Waals surface area contributed by atoms with Gasteiger partial charge in [0.25, 0.3) is 0 Å². The van der Waals surface area contributed by atoms with Crippen LogP contribution in [0.15, 0.2) is 46.8 Å². The number of hydrogen-bond donors (Lipinski definition) is 1. The summed E-state index contributed by atoms with van der Waals surface area (Å²) in [6.45, 7) is 0. The van der Waals surface area contributed by atoms with Crippen LogP contribution in [0.2, 0.25) is 0 Å². The molecule has 2 heterocycles. The van der Waals surface area contributed by atoms with Gasteiger partial charge in [0.1, 0.15) is 22.3 Å². The van der Waals surface area contributed by atoms with Gasteiger partial charge in [-0.15, -0.1) is 10.2 Å². The molecule has 3 aromatic rings. The Morgan fingerprint density at radius 1 is 1.25 bits per heavy atom. The molecule has 1 aromatic carbocycles. The number of nitrogen functional groups attached to an aromatic ring is 1. The van der Waals surface area contributed by atoms with E-state index in [-0.39, 0.29) is 10.1 Å². The van der Waals surface area contributed by atoms with Crippen LogP contribution >= 0.6 is 22.7 Å². The molecule has 0 bridgehead atoms. The van der Waals surface area contributed by atoms with Crippen LogP contribution in [0.4, 0.5) is 20.1 Å². The number of benzene rings is 1. The average molecular weight is 356 g/mol. The zero-order valence-corrected chi connectivity index (χ0v) is 13.5. The third-order valence-corrected chi connectivity index (χ3v) is 4.72.